The van der Waals surface area contributed by atoms with E-state index in [1.165, 1.54) is 15.0 Å². The number of unbranched alkanes of at least 4 members (excludes halogenated alkanes) is 1. The van der Waals surface area contributed by atoms with Gasteiger partial charge in [-0.1, -0.05) is 42.5 Å². The number of carboxylic acid groups (broad SMARTS) is 1. The van der Waals surface area contributed by atoms with E-state index in [2.05, 4.69) is 18.2 Å². The third kappa shape index (κ3) is 7.12. The van der Waals surface area contributed by atoms with E-state index < -0.39 is 18.2 Å². The highest BCUT2D eigenvalue weighted by Crippen LogP contribution is 2.33. The lowest BCUT2D eigenvalue weighted by atomic mass is 9.90. The number of allylic oxidation sites excluding steroid dienone is 3. The van der Waals surface area contributed by atoms with Gasteiger partial charge < -0.3 is 15.3 Å². The van der Waals surface area contributed by atoms with Crippen LogP contribution >= 0.6 is 11.3 Å². The van der Waals surface area contributed by atoms with Crippen molar-refractivity contribution in [1.82, 2.24) is 0 Å². The molecule has 0 aliphatic heterocycles. The molecule has 1 fully saturated rings. The molecule has 0 amide bonds. The number of aliphatic hydroxyl groups excluding tert-OH is 2. The second kappa shape index (κ2) is 12.1. The van der Waals surface area contributed by atoms with Crippen LogP contribution in [-0.4, -0.2) is 39.3 Å². The summed E-state index contributed by atoms with van der Waals surface area (Å²) in [5, 5.41) is 30.6. The van der Waals surface area contributed by atoms with E-state index >= 15 is 0 Å². The lowest BCUT2D eigenvalue weighted by molar-refractivity contribution is -0.137. The fraction of sp³-hybridized carbons (Fsp3) is 0.462. The minimum atomic E-state index is -0.803. The Kier molecular flexibility index (Phi) is 9.21. The molecule has 0 saturated heterocycles. The van der Waals surface area contributed by atoms with Crippen LogP contribution in [0.15, 0.2) is 54.6 Å². The molecule has 1 aliphatic carbocycles. The van der Waals surface area contributed by atoms with Gasteiger partial charge in [-0.25, -0.2) is 0 Å². The van der Waals surface area contributed by atoms with E-state index in [1.54, 1.807) is 23.5 Å². The van der Waals surface area contributed by atoms with Gasteiger partial charge in [0.1, 0.15) is 5.78 Å². The zero-order valence-corrected chi connectivity index (χ0v) is 19.0. The van der Waals surface area contributed by atoms with Gasteiger partial charge in [0.2, 0.25) is 0 Å². The van der Waals surface area contributed by atoms with E-state index in [1.807, 2.05) is 24.3 Å². The van der Waals surface area contributed by atoms with Crippen molar-refractivity contribution in [3.8, 4) is 0 Å². The molecule has 1 aromatic heterocycles. The number of aryl methyl sites for hydroxylation is 1. The lowest BCUT2D eigenvalue weighted by Crippen LogP contribution is -2.19. The Hall–Kier alpha value is -2.28. The van der Waals surface area contributed by atoms with Crippen LogP contribution in [0.5, 0.6) is 0 Å². The third-order valence-electron chi connectivity index (χ3n) is 6.01. The predicted octanol–water partition coefficient (Wildman–Crippen LogP) is 4.91. The maximum atomic E-state index is 12.3. The number of thiophene rings is 1. The summed E-state index contributed by atoms with van der Waals surface area (Å²) >= 11 is 1.79. The summed E-state index contributed by atoms with van der Waals surface area (Å²) in [6, 6.07) is 10.5. The molecule has 0 radical (unpaired) electrons. The van der Waals surface area contributed by atoms with Crippen molar-refractivity contribution >= 4 is 33.2 Å². The first kappa shape index (κ1) is 24.4. The molecule has 1 aromatic carbocycles. The largest absolute Gasteiger partial charge is 0.481 e. The summed E-state index contributed by atoms with van der Waals surface area (Å²) in [5.74, 6) is -1.37. The molecule has 3 rings (SSSR count). The van der Waals surface area contributed by atoms with E-state index in [-0.39, 0.29) is 30.5 Å². The highest BCUT2D eigenvalue weighted by molar-refractivity contribution is 7.19. The van der Waals surface area contributed by atoms with Crippen molar-refractivity contribution in [2.75, 3.05) is 0 Å². The van der Waals surface area contributed by atoms with Crippen molar-refractivity contribution in [2.24, 2.45) is 11.8 Å². The Labute approximate surface area is 193 Å². The summed E-state index contributed by atoms with van der Waals surface area (Å²) < 4.78 is 1.28. The number of aliphatic carboxylic acids is 1. The monoisotopic (exact) mass is 456 g/mol. The van der Waals surface area contributed by atoms with Crippen LogP contribution in [0.25, 0.3) is 10.1 Å². The van der Waals surface area contributed by atoms with E-state index in [9.17, 15) is 19.8 Å². The van der Waals surface area contributed by atoms with Gasteiger partial charge in [-0.15, -0.1) is 11.3 Å². The highest BCUT2D eigenvalue weighted by atomic mass is 32.1. The highest BCUT2D eigenvalue weighted by Gasteiger charge is 2.39. The normalized spacial score (nSPS) is 22.4. The predicted molar refractivity (Wildman–Crippen MR) is 128 cm³/mol. The molecule has 1 aliphatic rings. The smallest absolute Gasteiger partial charge is 0.303 e. The van der Waals surface area contributed by atoms with Gasteiger partial charge in [0.25, 0.3) is 0 Å². The minimum Gasteiger partial charge on any atom is -0.481 e. The van der Waals surface area contributed by atoms with Crippen LogP contribution in [-0.2, 0) is 16.0 Å². The standard InChI is InChI=1S/C26H32O5S/c27-19(9-7-10-20-16-18-8-5-6-12-25(18)32-20)14-15-22-21(23(28)17-24(22)29)11-3-1-2-4-13-26(30)31/h1,3,5-6,8,12,14-16,19,21-23,27-28H,2,4,7,9-11,13,17H2,(H,30,31)/b3-1-,15-14+/t19-,21+,22+,23-/m0/s1. The number of fused-ring (bicyclic) bond motifs is 1. The van der Waals surface area contributed by atoms with Crippen molar-refractivity contribution in [3.05, 3.63) is 59.5 Å². The molecule has 4 atom stereocenters. The SMILES string of the molecule is O=C(O)CCC/C=C\C[C@H]1[C@@H](O)CC(=O)[C@@H]1/C=C/[C@@H](O)CCCc1cc2ccccc2s1. The maximum absolute atomic E-state index is 12.3. The van der Waals surface area contributed by atoms with Gasteiger partial charge >= 0.3 is 5.97 Å². The Morgan fingerprint density at radius 1 is 1.22 bits per heavy atom. The van der Waals surface area contributed by atoms with Gasteiger partial charge in [-0.3, -0.25) is 9.59 Å². The number of benzene rings is 1. The van der Waals surface area contributed by atoms with Crippen LogP contribution in [0, 0.1) is 11.8 Å². The summed E-state index contributed by atoms with van der Waals surface area (Å²) in [6.07, 6.45) is 10.5. The molecule has 0 unspecified atom stereocenters. The molecule has 3 N–H and O–H groups in total. The molecule has 6 heteroatoms. The van der Waals surface area contributed by atoms with E-state index in [4.69, 9.17) is 5.11 Å². The number of ketones is 1. The summed E-state index contributed by atoms with van der Waals surface area (Å²) in [7, 11) is 0. The summed E-state index contributed by atoms with van der Waals surface area (Å²) in [5.41, 5.74) is 0. The fourth-order valence-electron chi connectivity index (χ4n) is 4.26. The number of rotatable bonds is 12. The molecule has 0 bridgehead atoms. The van der Waals surface area contributed by atoms with Crippen molar-refractivity contribution in [3.63, 3.8) is 0 Å². The Bertz CT molecular complexity index is 927. The Balaban J connectivity index is 1.45. The van der Waals surface area contributed by atoms with E-state index in [0.29, 0.717) is 25.7 Å². The van der Waals surface area contributed by atoms with E-state index in [0.717, 1.165) is 12.8 Å². The quantitative estimate of drug-likeness (QED) is 0.312. The van der Waals surface area contributed by atoms with Crippen LogP contribution in [0.3, 0.4) is 0 Å². The number of Topliss-reactive ketones (excluding diaryl/α,β-unsaturated/α-hetero) is 1. The number of carbonyl (C=O) groups excluding carboxylic acids is 1. The summed E-state index contributed by atoms with van der Waals surface area (Å²) in [4.78, 5) is 24.2. The van der Waals surface area contributed by atoms with Crippen LogP contribution in [0.2, 0.25) is 0 Å². The zero-order valence-electron chi connectivity index (χ0n) is 18.2. The van der Waals surface area contributed by atoms with Gasteiger partial charge in [-0.2, -0.15) is 0 Å². The zero-order chi connectivity index (χ0) is 22.9. The topological polar surface area (TPSA) is 94.8 Å². The summed E-state index contributed by atoms with van der Waals surface area (Å²) in [6.45, 7) is 0. The second-order valence-electron chi connectivity index (χ2n) is 8.52. The first-order valence-corrected chi connectivity index (χ1v) is 12.2. The number of carbonyl (C=O) groups is 2. The Morgan fingerprint density at radius 3 is 2.81 bits per heavy atom. The van der Waals surface area contributed by atoms with Crippen molar-refractivity contribution < 1.29 is 24.9 Å². The molecule has 1 saturated carbocycles. The van der Waals surface area contributed by atoms with Crippen molar-refractivity contribution in [1.29, 1.82) is 0 Å². The first-order valence-electron chi connectivity index (χ1n) is 11.4. The molecular weight excluding hydrogens is 424 g/mol. The van der Waals surface area contributed by atoms with Crippen LogP contribution < -0.4 is 0 Å². The average Bonchev–Trinajstić information content (AvgIpc) is 3.28. The minimum absolute atomic E-state index is 0.00972. The fourth-order valence-corrected chi connectivity index (χ4v) is 5.36. The number of hydrogen-bond acceptors (Lipinski definition) is 5. The molecular formula is C26H32O5S. The number of aliphatic hydroxyl groups is 2. The van der Waals surface area contributed by atoms with Gasteiger partial charge in [0.15, 0.2) is 0 Å². The van der Waals surface area contributed by atoms with Crippen LogP contribution in [0.1, 0.15) is 49.8 Å². The third-order valence-corrected chi connectivity index (χ3v) is 7.19. The Morgan fingerprint density at radius 2 is 2.03 bits per heavy atom. The molecule has 172 valence electrons. The van der Waals surface area contributed by atoms with Gasteiger partial charge in [0, 0.05) is 34.3 Å². The lowest BCUT2D eigenvalue weighted by Gasteiger charge is -2.17. The number of hydrogen-bond donors (Lipinski definition) is 3. The molecule has 0 spiro atoms. The average molecular weight is 457 g/mol. The molecule has 32 heavy (non-hydrogen) atoms. The molecule has 2 aromatic rings. The van der Waals surface area contributed by atoms with Gasteiger partial charge in [-0.05, 0) is 56.0 Å². The van der Waals surface area contributed by atoms with Crippen LogP contribution in [0.4, 0.5) is 0 Å². The van der Waals surface area contributed by atoms with Gasteiger partial charge in [0.05, 0.1) is 12.2 Å². The molecule has 5 nitrogen and oxygen atoms in total. The maximum Gasteiger partial charge on any atom is 0.303 e. The number of carboxylic acids is 1. The second-order valence-corrected chi connectivity index (χ2v) is 9.68. The first-order chi connectivity index (χ1) is 15.4. The van der Waals surface area contributed by atoms with Crippen molar-refractivity contribution in [2.45, 2.75) is 63.6 Å². The molecule has 1 heterocycles.